The van der Waals surface area contributed by atoms with Gasteiger partial charge in [-0.15, -0.1) is 0 Å². The van der Waals surface area contributed by atoms with Crippen LogP contribution in [0.15, 0.2) is 4.52 Å². The highest BCUT2D eigenvalue weighted by Gasteiger charge is 2.43. The molecule has 0 spiro atoms. The molecule has 1 aromatic heterocycles. The van der Waals surface area contributed by atoms with Gasteiger partial charge in [0.2, 0.25) is 11.8 Å². The summed E-state index contributed by atoms with van der Waals surface area (Å²) in [6.07, 6.45) is 3.11. The van der Waals surface area contributed by atoms with E-state index in [2.05, 4.69) is 28.9 Å². The van der Waals surface area contributed by atoms with Gasteiger partial charge in [-0.1, -0.05) is 12.1 Å². The summed E-state index contributed by atoms with van der Waals surface area (Å²) >= 11 is 0. The van der Waals surface area contributed by atoms with Crippen molar-refractivity contribution in [2.75, 3.05) is 19.8 Å². The Kier molecular flexibility index (Phi) is 3.97. The smallest absolute Gasteiger partial charge is 0.231 e. The van der Waals surface area contributed by atoms with E-state index in [-0.39, 0.29) is 23.3 Å². The third kappa shape index (κ3) is 2.89. The van der Waals surface area contributed by atoms with E-state index in [1.54, 1.807) is 0 Å². The molecule has 22 heavy (non-hydrogen) atoms. The van der Waals surface area contributed by atoms with Crippen LogP contribution < -0.4 is 0 Å². The zero-order valence-electron chi connectivity index (χ0n) is 14.0. The molecule has 2 saturated heterocycles. The SMILES string of the molecule is Cc1noc([C@@H]2CCCN(CN3C(=O)[C@@H](C)CC3(C)C)C2)n1. The van der Waals surface area contributed by atoms with E-state index < -0.39 is 0 Å². The monoisotopic (exact) mass is 306 g/mol. The van der Waals surface area contributed by atoms with Crippen molar-refractivity contribution in [1.29, 1.82) is 0 Å². The van der Waals surface area contributed by atoms with Crippen LogP contribution in [0.5, 0.6) is 0 Å². The Hall–Kier alpha value is -1.43. The average molecular weight is 306 g/mol. The maximum atomic E-state index is 12.4. The number of hydrogen-bond acceptors (Lipinski definition) is 5. The topological polar surface area (TPSA) is 62.5 Å². The lowest BCUT2D eigenvalue weighted by Crippen LogP contribution is -2.50. The van der Waals surface area contributed by atoms with Crippen LogP contribution in [0.25, 0.3) is 0 Å². The second-order valence-electron chi connectivity index (χ2n) is 7.42. The number of likely N-dealkylation sites (tertiary alicyclic amines) is 2. The standard InChI is InChI=1S/C16H26N4O2/c1-11-8-16(3,4)20(15(11)21)10-19-7-5-6-13(9-19)14-17-12(2)18-22-14/h11,13H,5-10H2,1-4H3/t11-,13+/m0/s1. The molecule has 0 N–H and O–H groups in total. The van der Waals surface area contributed by atoms with Gasteiger partial charge in [0.15, 0.2) is 5.82 Å². The summed E-state index contributed by atoms with van der Waals surface area (Å²) in [7, 11) is 0. The zero-order chi connectivity index (χ0) is 15.9. The third-order valence-electron chi connectivity index (χ3n) is 4.96. The van der Waals surface area contributed by atoms with Gasteiger partial charge in [0.1, 0.15) is 0 Å². The van der Waals surface area contributed by atoms with Crippen molar-refractivity contribution >= 4 is 5.91 Å². The largest absolute Gasteiger partial charge is 0.339 e. The Labute approximate surface area is 131 Å². The summed E-state index contributed by atoms with van der Waals surface area (Å²) < 4.78 is 5.33. The first-order valence-corrected chi connectivity index (χ1v) is 8.21. The molecule has 0 unspecified atom stereocenters. The Morgan fingerprint density at radius 1 is 1.41 bits per heavy atom. The zero-order valence-corrected chi connectivity index (χ0v) is 14.0. The number of nitrogens with zero attached hydrogens (tertiary/aromatic N) is 4. The van der Waals surface area contributed by atoms with Gasteiger partial charge in [-0.3, -0.25) is 9.69 Å². The van der Waals surface area contributed by atoms with Crippen molar-refractivity contribution in [2.45, 2.75) is 58.4 Å². The lowest BCUT2D eigenvalue weighted by atomic mass is 9.97. The average Bonchev–Trinajstić information content (AvgIpc) is 2.97. The highest BCUT2D eigenvalue weighted by molar-refractivity contribution is 5.81. The van der Waals surface area contributed by atoms with Crippen LogP contribution >= 0.6 is 0 Å². The number of rotatable bonds is 3. The van der Waals surface area contributed by atoms with E-state index >= 15 is 0 Å². The molecule has 0 saturated carbocycles. The molecule has 2 aliphatic heterocycles. The fourth-order valence-electron chi connectivity index (χ4n) is 3.84. The van der Waals surface area contributed by atoms with Crippen molar-refractivity contribution in [1.82, 2.24) is 19.9 Å². The van der Waals surface area contributed by atoms with Gasteiger partial charge in [0, 0.05) is 18.0 Å². The van der Waals surface area contributed by atoms with Crippen LogP contribution in [-0.2, 0) is 4.79 Å². The summed E-state index contributed by atoms with van der Waals surface area (Å²) in [6, 6.07) is 0. The summed E-state index contributed by atoms with van der Waals surface area (Å²) in [6.45, 7) is 10.8. The molecule has 6 nitrogen and oxygen atoms in total. The Balaban J connectivity index is 1.67. The first-order valence-electron chi connectivity index (χ1n) is 8.21. The highest BCUT2D eigenvalue weighted by Crippen LogP contribution is 2.34. The normalized spacial score (nSPS) is 29.3. The summed E-state index contributed by atoms with van der Waals surface area (Å²) in [5, 5.41) is 3.90. The van der Waals surface area contributed by atoms with Gasteiger partial charge < -0.3 is 9.42 Å². The molecule has 2 aliphatic rings. The van der Waals surface area contributed by atoms with E-state index in [0.717, 1.165) is 38.2 Å². The lowest BCUT2D eigenvalue weighted by Gasteiger charge is -2.39. The molecule has 0 bridgehead atoms. The summed E-state index contributed by atoms with van der Waals surface area (Å²) in [5.74, 6) is 2.13. The molecule has 0 radical (unpaired) electrons. The van der Waals surface area contributed by atoms with Crippen LogP contribution in [0.1, 0.15) is 57.7 Å². The van der Waals surface area contributed by atoms with Gasteiger partial charge in [-0.2, -0.15) is 4.98 Å². The van der Waals surface area contributed by atoms with E-state index in [1.807, 2.05) is 18.7 Å². The van der Waals surface area contributed by atoms with Gasteiger partial charge in [0.05, 0.1) is 12.6 Å². The molecule has 0 aliphatic carbocycles. The molecular formula is C16H26N4O2. The maximum Gasteiger partial charge on any atom is 0.231 e. The molecular weight excluding hydrogens is 280 g/mol. The number of hydrogen-bond donors (Lipinski definition) is 0. The van der Waals surface area contributed by atoms with Gasteiger partial charge in [-0.05, 0) is 46.6 Å². The van der Waals surface area contributed by atoms with Gasteiger partial charge in [-0.25, -0.2) is 0 Å². The molecule has 3 rings (SSSR count). The molecule has 3 heterocycles. The second-order valence-corrected chi connectivity index (χ2v) is 7.42. The van der Waals surface area contributed by atoms with E-state index in [4.69, 9.17) is 4.52 Å². The molecule has 2 fully saturated rings. The molecule has 1 aromatic rings. The van der Waals surface area contributed by atoms with E-state index in [1.165, 1.54) is 0 Å². The highest BCUT2D eigenvalue weighted by atomic mass is 16.5. The maximum absolute atomic E-state index is 12.4. The number of aromatic nitrogens is 2. The number of aryl methyl sites for hydroxylation is 1. The Bertz CT molecular complexity index is 554. The quantitative estimate of drug-likeness (QED) is 0.856. The number of carbonyl (C=O) groups is 1. The minimum absolute atomic E-state index is 0.0511. The third-order valence-corrected chi connectivity index (χ3v) is 4.96. The van der Waals surface area contributed by atoms with Crippen molar-refractivity contribution in [3.8, 4) is 0 Å². The van der Waals surface area contributed by atoms with Crippen molar-refractivity contribution in [3.05, 3.63) is 11.7 Å². The van der Waals surface area contributed by atoms with Crippen LogP contribution in [0, 0.1) is 12.8 Å². The lowest BCUT2D eigenvalue weighted by molar-refractivity contribution is -0.135. The summed E-state index contributed by atoms with van der Waals surface area (Å²) in [5.41, 5.74) is -0.0511. The predicted molar refractivity (Wildman–Crippen MR) is 82.2 cm³/mol. The Morgan fingerprint density at radius 3 is 2.77 bits per heavy atom. The van der Waals surface area contributed by atoms with E-state index in [0.29, 0.717) is 12.5 Å². The number of piperidine rings is 1. The fraction of sp³-hybridized carbons (Fsp3) is 0.812. The van der Waals surface area contributed by atoms with E-state index in [9.17, 15) is 4.79 Å². The van der Waals surface area contributed by atoms with Crippen molar-refractivity contribution < 1.29 is 9.32 Å². The van der Waals surface area contributed by atoms with Crippen LogP contribution in [-0.4, -0.2) is 51.1 Å². The van der Waals surface area contributed by atoms with Crippen molar-refractivity contribution in [2.24, 2.45) is 5.92 Å². The van der Waals surface area contributed by atoms with Crippen LogP contribution in [0.4, 0.5) is 0 Å². The Morgan fingerprint density at radius 2 is 2.18 bits per heavy atom. The minimum atomic E-state index is -0.0511. The first kappa shape index (κ1) is 15.5. The predicted octanol–water partition coefficient (Wildman–Crippen LogP) is 2.16. The van der Waals surface area contributed by atoms with Crippen molar-refractivity contribution in [3.63, 3.8) is 0 Å². The molecule has 2 atom stereocenters. The van der Waals surface area contributed by atoms with Crippen LogP contribution in [0.3, 0.4) is 0 Å². The second kappa shape index (κ2) is 5.65. The van der Waals surface area contributed by atoms with Crippen LogP contribution in [0.2, 0.25) is 0 Å². The first-order chi connectivity index (χ1) is 10.4. The summed E-state index contributed by atoms with van der Waals surface area (Å²) in [4.78, 5) is 21.2. The minimum Gasteiger partial charge on any atom is -0.339 e. The fourth-order valence-corrected chi connectivity index (χ4v) is 3.84. The molecule has 1 amide bonds. The van der Waals surface area contributed by atoms with Gasteiger partial charge >= 0.3 is 0 Å². The molecule has 122 valence electrons. The molecule has 6 heteroatoms. The number of amides is 1. The number of carbonyl (C=O) groups excluding carboxylic acids is 1. The molecule has 0 aromatic carbocycles. The van der Waals surface area contributed by atoms with Gasteiger partial charge in [0.25, 0.3) is 0 Å².